The van der Waals surface area contributed by atoms with Gasteiger partial charge in [-0.25, -0.2) is 4.98 Å². The third-order valence-electron chi connectivity index (χ3n) is 3.44. The second kappa shape index (κ2) is 3.19. The first kappa shape index (κ1) is 9.60. The molecule has 2 aliphatic rings. The molecule has 1 aliphatic carbocycles. The first-order valence-corrected chi connectivity index (χ1v) is 6.51. The second-order valence-corrected chi connectivity index (χ2v) is 5.55. The van der Waals surface area contributed by atoms with Crippen LogP contribution in [0, 0.1) is 5.92 Å². The minimum absolute atomic E-state index is 0.391. The molecular formula is C11H16N2OS. The summed E-state index contributed by atoms with van der Waals surface area (Å²) >= 11 is 1.69. The van der Waals surface area contributed by atoms with Crippen LogP contribution in [0.5, 0.6) is 0 Å². The predicted octanol–water partition coefficient (Wildman–Crippen LogP) is 1.67. The molecule has 15 heavy (non-hydrogen) atoms. The third-order valence-corrected chi connectivity index (χ3v) is 4.39. The summed E-state index contributed by atoms with van der Waals surface area (Å²) in [4.78, 5) is 6.73. The van der Waals surface area contributed by atoms with Crippen molar-refractivity contribution in [1.29, 1.82) is 0 Å². The molecule has 1 aromatic heterocycles. The summed E-state index contributed by atoms with van der Waals surface area (Å²) in [6.07, 6.45) is 3.42. The summed E-state index contributed by atoms with van der Waals surface area (Å²) in [5.74, 6) is 0.569. The number of nitrogens with zero attached hydrogens (tertiary/aromatic N) is 2. The van der Waals surface area contributed by atoms with Crippen LogP contribution in [0.25, 0.3) is 0 Å². The molecule has 2 fully saturated rings. The van der Waals surface area contributed by atoms with E-state index in [1.54, 1.807) is 11.3 Å². The van der Waals surface area contributed by atoms with Crippen LogP contribution in [0.4, 0.5) is 5.13 Å². The van der Waals surface area contributed by atoms with Crippen LogP contribution >= 0.6 is 11.3 Å². The van der Waals surface area contributed by atoms with Crippen molar-refractivity contribution in [2.75, 3.05) is 18.0 Å². The standard InChI is InChI=1S/C11H16N2OS/c1-2-9-5-15-10(12-9)13-6-11(14,7-13)8-3-4-8/h5,8,14H,2-4,6-7H2,1H3. The van der Waals surface area contributed by atoms with E-state index in [0.29, 0.717) is 5.92 Å². The second-order valence-electron chi connectivity index (χ2n) is 4.71. The van der Waals surface area contributed by atoms with Crippen molar-refractivity contribution in [1.82, 2.24) is 4.98 Å². The van der Waals surface area contributed by atoms with Gasteiger partial charge in [0.25, 0.3) is 0 Å². The van der Waals surface area contributed by atoms with Crippen LogP contribution < -0.4 is 4.90 Å². The van der Waals surface area contributed by atoms with Gasteiger partial charge in [0.05, 0.1) is 18.8 Å². The third kappa shape index (κ3) is 1.56. The number of hydrogen-bond acceptors (Lipinski definition) is 4. The molecule has 0 aromatic carbocycles. The number of aliphatic hydroxyl groups is 1. The average molecular weight is 224 g/mol. The summed E-state index contributed by atoms with van der Waals surface area (Å²) in [5.41, 5.74) is 0.773. The first-order valence-electron chi connectivity index (χ1n) is 5.63. The van der Waals surface area contributed by atoms with Gasteiger partial charge in [-0.05, 0) is 25.2 Å². The van der Waals surface area contributed by atoms with Gasteiger partial charge in [0.2, 0.25) is 0 Å². The highest BCUT2D eigenvalue weighted by Gasteiger charge is 2.52. The van der Waals surface area contributed by atoms with Gasteiger partial charge in [0, 0.05) is 5.38 Å². The van der Waals surface area contributed by atoms with E-state index >= 15 is 0 Å². The van der Waals surface area contributed by atoms with E-state index in [9.17, 15) is 5.11 Å². The summed E-state index contributed by atoms with van der Waals surface area (Å²) in [6, 6.07) is 0. The van der Waals surface area contributed by atoms with E-state index < -0.39 is 5.60 Å². The normalized spacial score (nSPS) is 24.0. The van der Waals surface area contributed by atoms with E-state index in [0.717, 1.165) is 30.3 Å². The molecule has 3 rings (SSSR count). The average Bonchev–Trinajstić information content (AvgIpc) is 2.93. The summed E-state index contributed by atoms with van der Waals surface area (Å²) in [5, 5.41) is 13.4. The number of aromatic nitrogens is 1. The Morgan fingerprint density at radius 2 is 2.33 bits per heavy atom. The number of hydrogen-bond donors (Lipinski definition) is 1. The monoisotopic (exact) mass is 224 g/mol. The molecule has 3 nitrogen and oxygen atoms in total. The molecule has 0 spiro atoms. The molecule has 0 amide bonds. The summed E-state index contributed by atoms with van der Waals surface area (Å²) in [6.45, 7) is 3.69. The zero-order chi connectivity index (χ0) is 10.5. The predicted molar refractivity (Wildman–Crippen MR) is 61.4 cm³/mol. The Hall–Kier alpha value is -0.610. The maximum Gasteiger partial charge on any atom is 0.185 e. The molecule has 82 valence electrons. The van der Waals surface area contributed by atoms with E-state index in [2.05, 4.69) is 22.2 Å². The van der Waals surface area contributed by atoms with E-state index in [-0.39, 0.29) is 0 Å². The minimum Gasteiger partial charge on any atom is -0.386 e. The fourth-order valence-corrected chi connectivity index (χ4v) is 3.14. The van der Waals surface area contributed by atoms with Crippen molar-refractivity contribution in [2.45, 2.75) is 31.8 Å². The van der Waals surface area contributed by atoms with Crippen molar-refractivity contribution in [2.24, 2.45) is 5.92 Å². The maximum atomic E-state index is 10.2. The van der Waals surface area contributed by atoms with Gasteiger partial charge in [-0.15, -0.1) is 11.3 Å². The lowest BCUT2D eigenvalue weighted by atomic mass is 9.89. The number of aryl methyl sites for hydroxylation is 1. The molecule has 1 saturated heterocycles. The highest BCUT2D eigenvalue weighted by Crippen LogP contribution is 2.45. The highest BCUT2D eigenvalue weighted by atomic mass is 32.1. The number of thiazole rings is 1. The molecule has 1 aliphatic heterocycles. The Balaban J connectivity index is 1.66. The molecule has 1 aromatic rings. The minimum atomic E-state index is -0.391. The van der Waals surface area contributed by atoms with Crippen LogP contribution in [0.15, 0.2) is 5.38 Å². The molecule has 0 radical (unpaired) electrons. The topological polar surface area (TPSA) is 36.4 Å². The van der Waals surface area contributed by atoms with E-state index in [4.69, 9.17) is 0 Å². The van der Waals surface area contributed by atoms with Crippen LogP contribution in [-0.2, 0) is 6.42 Å². The Bertz CT molecular complexity index is 366. The zero-order valence-electron chi connectivity index (χ0n) is 8.94. The molecule has 1 N–H and O–H groups in total. The quantitative estimate of drug-likeness (QED) is 0.848. The number of β-amino-alcohol motifs (C(OH)–C–C–N with tert-alkyl or cyclic N) is 1. The van der Waals surface area contributed by atoms with Gasteiger partial charge in [0.1, 0.15) is 5.60 Å². The van der Waals surface area contributed by atoms with Gasteiger partial charge in [0.15, 0.2) is 5.13 Å². The summed E-state index contributed by atoms with van der Waals surface area (Å²) in [7, 11) is 0. The molecular weight excluding hydrogens is 208 g/mol. The fraction of sp³-hybridized carbons (Fsp3) is 0.727. The molecule has 4 heteroatoms. The van der Waals surface area contributed by atoms with Gasteiger partial charge in [-0.2, -0.15) is 0 Å². The van der Waals surface area contributed by atoms with Crippen LogP contribution in [-0.4, -0.2) is 28.8 Å². The lowest BCUT2D eigenvalue weighted by Gasteiger charge is -2.46. The first-order chi connectivity index (χ1) is 7.21. The molecule has 1 saturated carbocycles. The van der Waals surface area contributed by atoms with Crippen molar-refractivity contribution in [3.63, 3.8) is 0 Å². The molecule has 0 atom stereocenters. The van der Waals surface area contributed by atoms with Gasteiger partial charge >= 0.3 is 0 Å². The SMILES string of the molecule is CCc1csc(N2CC(O)(C3CC3)C2)n1. The maximum absolute atomic E-state index is 10.2. The van der Waals surface area contributed by atoms with E-state index in [1.807, 2.05) is 0 Å². The van der Waals surface area contributed by atoms with E-state index in [1.165, 1.54) is 12.8 Å². The lowest BCUT2D eigenvalue weighted by Crippen LogP contribution is -2.63. The highest BCUT2D eigenvalue weighted by molar-refractivity contribution is 7.13. The van der Waals surface area contributed by atoms with Crippen LogP contribution in [0.3, 0.4) is 0 Å². The zero-order valence-corrected chi connectivity index (χ0v) is 9.76. The Labute approximate surface area is 93.8 Å². The fourth-order valence-electron chi connectivity index (χ4n) is 2.23. The van der Waals surface area contributed by atoms with Crippen molar-refractivity contribution >= 4 is 16.5 Å². The Morgan fingerprint density at radius 1 is 1.60 bits per heavy atom. The Morgan fingerprint density at radius 3 is 2.87 bits per heavy atom. The molecule has 0 bridgehead atoms. The van der Waals surface area contributed by atoms with Gasteiger partial charge in [-0.3, -0.25) is 0 Å². The Kier molecular flexibility index (Phi) is 2.04. The van der Waals surface area contributed by atoms with Crippen molar-refractivity contribution in [3.8, 4) is 0 Å². The van der Waals surface area contributed by atoms with Crippen LogP contribution in [0.1, 0.15) is 25.5 Å². The van der Waals surface area contributed by atoms with Crippen molar-refractivity contribution in [3.05, 3.63) is 11.1 Å². The van der Waals surface area contributed by atoms with Crippen LogP contribution in [0.2, 0.25) is 0 Å². The smallest absolute Gasteiger partial charge is 0.185 e. The summed E-state index contributed by atoms with van der Waals surface area (Å²) < 4.78 is 0. The number of anilines is 1. The number of rotatable bonds is 3. The largest absolute Gasteiger partial charge is 0.386 e. The van der Waals surface area contributed by atoms with Crippen molar-refractivity contribution < 1.29 is 5.11 Å². The van der Waals surface area contributed by atoms with Gasteiger partial charge < -0.3 is 10.0 Å². The molecule has 0 unspecified atom stereocenters. The van der Waals surface area contributed by atoms with Gasteiger partial charge in [-0.1, -0.05) is 6.92 Å². The lowest BCUT2D eigenvalue weighted by molar-refractivity contribution is -0.00933. The molecule has 2 heterocycles.